The summed E-state index contributed by atoms with van der Waals surface area (Å²) >= 11 is 0. The van der Waals surface area contributed by atoms with E-state index in [4.69, 9.17) is 22.6 Å². The summed E-state index contributed by atoms with van der Waals surface area (Å²) in [5, 5.41) is 0. The van der Waals surface area contributed by atoms with Crippen molar-refractivity contribution in [1.29, 1.82) is 0 Å². The van der Waals surface area contributed by atoms with E-state index in [0.717, 1.165) is 5.56 Å². The van der Waals surface area contributed by atoms with Crippen molar-refractivity contribution in [3.8, 4) is 23.0 Å². The third-order valence-corrected chi connectivity index (χ3v) is 11.9. The van der Waals surface area contributed by atoms with Gasteiger partial charge in [0.05, 0.1) is 9.79 Å². The zero-order valence-electron chi connectivity index (χ0n) is 31.8. The van der Waals surface area contributed by atoms with Crippen LogP contribution in [-0.2, 0) is 13.7 Å². The number of ether oxygens (including phenoxy) is 4. The van der Waals surface area contributed by atoms with E-state index in [1.807, 2.05) is 157 Å². The SMILES string of the molecule is Cc1ccc(S(=O)(=O)OS(c2ccc(OC(C)(C)C)cc2)(c2ccc(OC(C)(C)C)cc2)c2ccc(OC(C)(C)C)cc2OC(C)(C)C)cc1. The van der Waals surface area contributed by atoms with Crippen LogP contribution in [0.3, 0.4) is 0 Å². The molecule has 0 aromatic heterocycles. The maximum atomic E-state index is 14.5. The van der Waals surface area contributed by atoms with Crippen LogP contribution in [-0.4, -0.2) is 30.8 Å². The number of hydrogen-bond donors (Lipinski definition) is 0. The van der Waals surface area contributed by atoms with Gasteiger partial charge in [-0.3, -0.25) is 0 Å². The van der Waals surface area contributed by atoms with Crippen LogP contribution in [0.2, 0.25) is 0 Å². The highest BCUT2D eigenvalue weighted by Crippen LogP contribution is 2.73. The number of aryl methyl sites for hydroxylation is 1. The molecule has 4 aromatic carbocycles. The molecule has 0 N–H and O–H groups in total. The highest BCUT2D eigenvalue weighted by molar-refractivity contribution is 8.33. The van der Waals surface area contributed by atoms with Crippen molar-refractivity contribution in [1.82, 2.24) is 0 Å². The van der Waals surface area contributed by atoms with E-state index >= 15 is 0 Å². The molecule has 7 nitrogen and oxygen atoms in total. The lowest BCUT2D eigenvalue weighted by Crippen LogP contribution is -2.25. The lowest BCUT2D eigenvalue weighted by Gasteiger charge is -2.41. The molecule has 0 aliphatic rings. The summed E-state index contributed by atoms with van der Waals surface area (Å²) in [5.74, 6) is 2.31. The first kappa shape index (κ1) is 39.1. The van der Waals surface area contributed by atoms with Crippen LogP contribution in [0.25, 0.3) is 0 Å². The van der Waals surface area contributed by atoms with Gasteiger partial charge in [0.15, 0.2) is 0 Å². The van der Waals surface area contributed by atoms with Crippen LogP contribution in [0.4, 0.5) is 0 Å². The van der Waals surface area contributed by atoms with Gasteiger partial charge in [0, 0.05) is 15.9 Å². The van der Waals surface area contributed by atoms with Gasteiger partial charge in [-0.1, -0.05) is 17.7 Å². The maximum Gasteiger partial charge on any atom is 0.307 e. The molecule has 4 aromatic rings. The summed E-state index contributed by atoms with van der Waals surface area (Å²) in [6, 6.07) is 27.1. The van der Waals surface area contributed by atoms with Crippen LogP contribution in [0.5, 0.6) is 23.0 Å². The highest BCUT2D eigenvalue weighted by atomic mass is 32.3. The summed E-state index contributed by atoms with van der Waals surface area (Å²) in [6.45, 7) is 25.5. The molecule has 272 valence electrons. The first-order valence-electron chi connectivity index (χ1n) is 16.8. The number of rotatable bonds is 10. The molecule has 0 fully saturated rings. The van der Waals surface area contributed by atoms with Gasteiger partial charge in [-0.25, -0.2) is 3.63 Å². The second kappa shape index (κ2) is 14.2. The smallest absolute Gasteiger partial charge is 0.307 e. The Labute approximate surface area is 301 Å². The third-order valence-electron chi connectivity index (χ3n) is 6.73. The molecule has 0 aliphatic carbocycles. The van der Waals surface area contributed by atoms with Crippen molar-refractivity contribution in [2.24, 2.45) is 0 Å². The Kier molecular flexibility index (Phi) is 11.1. The van der Waals surface area contributed by atoms with Gasteiger partial charge in [-0.15, -0.1) is 0 Å². The third kappa shape index (κ3) is 10.4. The summed E-state index contributed by atoms with van der Waals surface area (Å²) in [4.78, 5) is 1.86. The van der Waals surface area contributed by atoms with Crippen LogP contribution in [0, 0.1) is 6.92 Å². The molecular formula is C41H54O7S2. The fourth-order valence-electron chi connectivity index (χ4n) is 5.04. The molecular weight excluding hydrogens is 669 g/mol. The largest absolute Gasteiger partial charge is 0.488 e. The summed E-state index contributed by atoms with van der Waals surface area (Å²) < 4.78 is 61.1. The van der Waals surface area contributed by atoms with Gasteiger partial charge >= 0.3 is 10.1 Å². The molecule has 0 saturated carbocycles. The number of hydrogen-bond acceptors (Lipinski definition) is 7. The van der Waals surface area contributed by atoms with E-state index in [0.29, 0.717) is 37.7 Å². The Morgan fingerprint density at radius 3 is 1.20 bits per heavy atom. The van der Waals surface area contributed by atoms with E-state index in [1.165, 1.54) is 0 Å². The predicted octanol–water partition coefficient (Wildman–Crippen LogP) is 11.3. The molecule has 0 heterocycles. The lowest BCUT2D eigenvalue weighted by molar-refractivity contribution is 0.118. The Bertz CT molecular complexity index is 1790. The molecule has 0 bridgehead atoms. The van der Waals surface area contributed by atoms with E-state index in [-0.39, 0.29) is 4.90 Å². The molecule has 9 heteroatoms. The summed E-state index contributed by atoms with van der Waals surface area (Å²) in [5.41, 5.74) is -1.07. The van der Waals surface area contributed by atoms with Crippen LogP contribution in [0.15, 0.2) is 111 Å². The molecule has 0 unspecified atom stereocenters. The van der Waals surface area contributed by atoms with E-state index in [1.54, 1.807) is 24.3 Å². The van der Waals surface area contributed by atoms with Crippen molar-refractivity contribution in [3.05, 3.63) is 96.6 Å². The molecule has 0 amide bonds. The van der Waals surface area contributed by atoms with E-state index in [9.17, 15) is 8.42 Å². The van der Waals surface area contributed by atoms with Gasteiger partial charge in [0.2, 0.25) is 0 Å². The van der Waals surface area contributed by atoms with Gasteiger partial charge in [-0.2, -0.15) is 8.42 Å². The Hall–Kier alpha value is -3.66. The predicted molar refractivity (Wildman–Crippen MR) is 203 cm³/mol. The minimum Gasteiger partial charge on any atom is -0.488 e. The molecule has 4 rings (SSSR count). The Morgan fingerprint density at radius 1 is 0.440 bits per heavy atom. The molecule has 0 radical (unpaired) electrons. The lowest BCUT2D eigenvalue weighted by atomic mass is 10.2. The van der Waals surface area contributed by atoms with E-state index < -0.39 is 42.8 Å². The average molecular weight is 723 g/mol. The second-order valence-electron chi connectivity index (χ2n) is 16.3. The fraction of sp³-hybridized carbons (Fsp3) is 0.415. The van der Waals surface area contributed by atoms with Crippen LogP contribution >= 0.6 is 10.3 Å². The summed E-state index contributed by atoms with van der Waals surface area (Å²) in [7, 11) is -7.48. The number of benzene rings is 4. The minimum absolute atomic E-state index is 0.0475. The van der Waals surface area contributed by atoms with E-state index in [2.05, 4.69) is 0 Å². The molecule has 0 spiro atoms. The average Bonchev–Trinajstić information content (AvgIpc) is 2.94. The molecule has 0 aliphatic heterocycles. The Morgan fingerprint density at radius 2 is 0.800 bits per heavy atom. The fourth-order valence-corrected chi connectivity index (χ4v) is 10.3. The Balaban J connectivity index is 2.12. The monoisotopic (exact) mass is 722 g/mol. The van der Waals surface area contributed by atoms with Gasteiger partial charge in [-0.05, 0) is 173 Å². The zero-order chi connectivity index (χ0) is 37.3. The van der Waals surface area contributed by atoms with Crippen molar-refractivity contribution < 1.29 is 31.0 Å². The quantitative estimate of drug-likeness (QED) is 0.161. The normalized spacial score (nSPS) is 13.5. The molecule has 0 saturated heterocycles. The van der Waals surface area contributed by atoms with Crippen molar-refractivity contribution in [2.75, 3.05) is 0 Å². The van der Waals surface area contributed by atoms with Crippen molar-refractivity contribution in [3.63, 3.8) is 0 Å². The van der Waals surface area contributed by atoms with Gasteiger partial charge in [0.25, 0.3) is 0 Å². The maximum absolute atomic E-state index is 14.5. The zero-order valence-corrected chi connectivity index (χ0v) is 33.5. The first-order chi connectivity index (χ1) is 22.9. The van der Waals surface area contributed by atoms with Crippen molar-refractivity contribution >= 4 is 20.4 Å². The first-order valence-corrected chi connectivity index (χ1v) is 19.8. The van der Waals surface area contributed by atoms with Crippen molar-refractivity contribution in [2.45, 2.75) is 132 Å². The molecule has 50 heavy (non-hydrogen) atoms. The minimum atomic E-state index is -4.37. The second-order valence-corrected chi connectivity index (χ2v) is 20.7. The highest BCUT2D eigenvalue weighted by Gasteiger charge is 2.41. The molecule has 0 atom stereocenters. The van der Waals surface area contributed by atoms with Gasteiger partial charge in [0.1, 0.15) is 45.4 Å². The topological polar surface area (TPSA) is 80.3 Å². The van der Waals surface area contributed by atoms with Crippen LogP contribution in [0.1, 0.15) is 88.6 Å². The summed E-state index contributed by atoms with van der Waals surface area (Å²) in [6.07, 6.45) is 0. The van der Waals surface area contributed by atoms with Crippen LogP contribution < -0.4 is 18.9 Å². The van der Waals surface area contributed by atoms with Gasteiger partial charge < -0.3 is 18.9 Å². The standard InChI is InChI=1S/C41H54O7S2/c1-29-14-21-35(22-15-29)50(42,43)48-49(33-23-16-30(17-24-33)44-38(2,3)4,34-25-18-31(19-26-34)45-39(5,6)7)37-27-20-32(46-40(8,9)10)28-36(37)47-41(11,12)13/h14-28H,1-13H3.